The van der Waals surface area contributed by atoms with E-state index in [4.69, 9.17) is 4.42 Å². The monoisotopic (exact) mass is 468 g/mol. The normalized spacial score (nSPS) is 19.2. The van der Waals surface area contributed by atoms with Crippen molar-refractivity contribution in [2.24, 2.45) is 0 Å². The summed E-state index contributed by atoms with van der Waals surface area (Å²) in [6, 6.07) is 11.1. The van der Waals surface area contributed by atoms with Crippen molar-refractivity contribution in [2.75, 3.05) is 18.4 Å². The average molecular weight is 469 g/mol. The number of anilines is 1. The molecule has 5 rings (SSSR count). The van der Waals surface area contributed by atoms with Gasteiger partial charge in [-0.25, -0.2) is 13.1 Å². The molecule has 2 aliphatic rings. The van der Waals surface area contributed by atoms with Gasteiger partial charge in [-0.15, -0.1) is 0 Å². The summed E-state index contributed by atoms with van der Waals surface area (Å²) in [5.41, 5.74) is 3.35. The molecule has 2 aromatic heterocycles. The van der Waals surface area contributed by atoms with E-state index in [0.717, 1.165) is 44.1 Å². The Labute approximate surface area is 193 Å². The Bertz CT molecular complexity index is 1270. The van der Waals surface area contributed by atoms with Gasteiger partial charge in [0, 0.05) is 18.7 Å². The minimum atomic E-state index is -3.73. The molecule has 0 saturated carbocycles. The van der Waals surface area contributed by atoms with Crippen LogP contribution in [0, 0.1) is 6.92 Å². The Kier molecular flexibility index (Phi) is 5.84. The smallest absolute Gasteiger partial charge is 0.292 e. The molecule has 1 N–H and O–H groups in total. The molecule has 1 amide bonds. The zero-order valence-corrected chi connectivity index (χ0v) is 19.5. The van der Waals surface area contributed by atoms with E-state index in [1.807, 2.05) is 23.7 Å². The molecule has 9 heteroatoms. The lowest BCUT2D eigenvalue weighted by molar-refractivity contribution is 0.0990. The van der Waals surface area contributed by atoms with Gasteiger partial charge in [0.2, 0.25) is 5.09 Å². The van der Waals surface area contributed by atoms with Gasteiger partial charge in [-0.2, -0.15) is 9.40 Å². The third-order valence-electron chi connectivity index (χ3n) is 6.56. The minimum absolute atomic E-state index is 0.0330. The molecule has 3 heterocycles. The summed E-state index contributed by atoms with van der Waals surface area (Å²) in [7, 11) is -3.73. The summed E-state index contributed by atoms with van der Waals surface area (Å²) in [5.74, 6) is 0.0596. The first-order valence-electron chi connectivity index (χ1n) is 11.5. The minimum Gasteiger partial charge on any atom is -0.438 e. The molecular weight excluding hydrogens is 440 g/mol. The van der Waals surface area contributed by atoms with Gasteiger partial charge in [-0.1, -0.05) is 30.7 Å². The average Bonchev–Trinajstić information content (AvgIpc) is 3.48. The maximum Gasteiger partial charge on any atom is 0.292 e. The molecule has 1 unspecified atom stereocenters. The molecule has 0 radical (unpaired) electrons. The Hall–Kier alpha value is -2.91. The van der Waals surface area contributed by atoms with E-state index in [-0.39, 0.29) is 16.9 Å². The third-order valence-corrected chi connectivity index (χ3v) is 8.33. The maximum atomic E-state index is 13.0. The van der Waals surface area contributed by atoms with Gasteiger partial charge < -0.3 is 9.73 Å². The molecule has 1 aliphatic carbocycles. The first-order valence-corrected chi connectivity index (χ1v) is 12.9. The van der Waals surface area contributed by atoms with Crippen LogP contribution in [0.3, 0.4) is 0 Å². The maximum absolute atomic E-state index is 13.0. The van der Waals surface area contributed by atoms with E-state index < -0.39 is 15.9 Å². The van der Waals surface area contributed by atoms with E-state index in [2.05, 4.69) is 22.5 Å². The van der Waals surface area contributed by atoms with Gasteiger partial charge in [-0.3, -0.25) is 4.79 Å². The molecule has 3 aromatic rings. The van der Waals surface area contributed by atoms with Crippen LogP contribution in [0.25, 0.3) is 0 Å². The SMILES string of the molecule is Cc1cnn(C2CCCc3ccccc32)c1NC(=O)c1ccc(S(=O)(=O)N2CCCCC2)o1. The van der Waals surface area contributed by atoms with E-state index in [1.165, 1.54) is 27.6 Å². The van der Waals surface area contributed by atoms with Gasteiger partial charge >= 0.3 is 0 Å². The highest BCUT2D eigenvalue weighted by molar-refractivity contribution is 7.89. The Morgan fingerprint density at radius 3 is 2.70 bits per heavy atom. The van der Waals surface area contributed by atoms with Crippen molar-refractivity contribution in [3.05, 3.63) is 65.0 Å². The summed E-state index contributed by atoms with van der Waals surface area (Å²) < 4.78 is 34.5. The van der Waals surface area contributed by atoms with Gasteiger partial charge in [0.25, 0.3) is 15.9 Å². The second-order valence-corrected chi connectivity index (χ2v) is 10.6. The highest BCUT2D eigenvalue weighted by atomic mass is 32.2. The molecule has 174 valence electrons. The number of aromatic nitrogens is 2. The number of hydrogen-bond acceptors (Lipinski definition) is 5. The van der Waals surface area contributed by atoms with Crippen LogP contribution < -0.4 is 5.32 Å². The summed E-state index contributed by atoms with van der Waals surface area (Å²) in [4.78, 5) is 13.0. The molecule has 0 spiro atoms. The molecule has 1 aromatic carbocycles. The number of hydrogen-bond donors (Lipinski definition) is 1. The van der Waals surface area contributed by atoms with Crippen molar-refractivity contribution < 1.29 is 17.6 Å². The number of aryl methyl sites for hydroxylation is 2. The lowest BCUT2D eigenvalue weighted by Crippen LogP contribution is -2.35. The first kappa shape index (κ1) is 21.9. The number of carbonyl (C=O) groups is 1. The van der Waals surface area contributed by atoms with Crippen LogP contribution in [-0.2, 0) is 16.4 Å². The summed E-state index contributed by atoms with van der Waals surface area (Å²) in [6.45, 7) is 2.85. The second-order valence-electron chi connectivity index (χ2n) is 8.77. The molecule has 1 fully saturated rings. The fraction of sp³-hybridized carbons (Fsp3) is 0.417. The van der Waals surface area contributed by atoms with Gasteiger partial charge in [0.1, 0.15) is 5.82 Å². The number of carbonyl (C=O) groups excluding carboxylic acids is 1. The zero-order valence-electron chi connectivity index (χ0n) is 18.7. The molecule has 33 heavy (non-hydrogen) atoms. The lowest BCUT2D eigenvalue weighted by Gasteiger charge is -2.27. The van der Waals surface area contributed by atoms with Crippen molar-refractivity contribution >= 4 is 21.7 Å². The number of rotatable bonds is 5. The molecule has 1 saturated heterocycles. The predicted molar refractivity (Wildman–Crippen MR) is 124 cm³/mol. The van der Waals surface area contributed by atoms with Crippen molar-refractivity contribution in [3.63, 3.8) is 0 Å². The van der Waals surface area contributed by atoms with Crippen LogP contribution in [-0.4, -0.2) is 41.5 Å². The van der Waals surface area contributed by atoms with Crippen LogP contribution in [0.15, 0.2) is 52.1 Å². The number of amides is 1. The second kappa shape index (κ2) is 8.79. The van der Waals surface area contributed by atoms with Crippen LogP contribution in [0.5, 0.6) is 0 Å². The fourth-order valence-corrected chi connectivity index (χ4v) is 6.23. The summed E-state index contributed by atoms with van der Waals surface area (Å²) in [5, 5.41) is 7.27. The van der Waals surface area contributed by atoms with Gasteiger partial charge in [0.15, 0.2) is 5.76 Å². The quantitative estimate of drug-likeness (QED) is 0.607. The number of fused-ring (bicyclic) bond motifs is 1. The van der Waals surface area contributed by atoms with Crippen molar-refractivity contribution in [3.8, 4) is 0 Å². The Balaban J connectivity index is 1.39. The van der Waals surface area contributed by atoms with Crippen LogP contribution >= 0.6 is 0 Å². The van der Waals surface area contributed by atoms with Gasteiger partial charge in [-0.05, 0) is 62.3 Å². The van der Waals surface area contributed by atoms with Crippen LogP contribution in [0.2, 0.25) is 0 Å². The number of piperidine rings is 1. The molecular formula is C24H28N4O4S. The number of benzene rings is 1. The predicted octanol–water partition coefficient (Wildman–Crippen LogP) is 4.14. The van der Waals surface area contributed by atoms with Crippen molar-refractivity contribution in [2.45, 2.75) is 56.6 Å². The fourth-order valence-electron chi connectivity index (χ4n) is 4.81. The molecule has 1 atom stereocenters. The summed E-state index contributed by atoms with van der Waals surface area (Å²) in [6.07, 6.45) is 7.44. The van der Waals surface area contributed by atoms with Crippen LogP contribution in [0.1, 0.15) is 65.4 Å². The topological polar surface area (TPSA) is 97.4 Å². The van der Waals surface area contributed by atoms with Crippen molar-refractivity contribution in [1.29, 1.82) is 0 Å². The van der Waals surface area contributed by atoms with Gasteiger partial charge in [0.05, 0.1) is 12.2 Å². The number of nitrogens with one attached hydrogen (secondary N) is 1. The Morgan fingerprint density at radius 2 is 1.88 bits per heavy atom. The van der Waals surface area contributed by atoms with E-state index in [0.29, 0.717) is 18.9 Å². The van der Waals surface area contributed by atoms with Crippen LogP contribution in [0.4, 0.5) is 5.82 Å². The van der Waals surface area contributed by atoms with E-state index >= 15 is 0 Å². The molecule has 1 aliphatic heterocycles. The largest absolute Gasteiger partial charge is 0.438 e. The first-order chi connectivity index (χ1) is 15.9. The number of furan rings is 1. The van der Waals surface area contributed by atoms with Crippen molar-refractivity contribution in [1.82, 2.24) is 14.1 Å². The molecule has 8 nitrogen and oxygen atoms in total. The number of nitrogens with zero attached hydrogens (tertiary/aromatic N) is 3. The van der Waals surface area contributed by atoms with E-state index in [9.17, 15) is 13.2 Å². The third kappa shape index (κ3) is 4.11. The highest BCUT2D eigenvalue weighted by Gasteiger charge is 2.30. The lowest BCUT2D eigenvalue weighted by atomic mass is 9.88. The molecule has 0 bridgehead atoms. The standard InChI is InChI=1S/C24H28N4O4S/c1-17-16-25-28(20-11-7-9-18-8-3-4-10-19(18)20)23(17)26-24(29)21-12-13-22(32-21)33(30,31)27-14-5-2-6-15-27/h3-4,8,10,12-13,16,20H,2,5-7,9,11,14-15H2,1H3,(H,26,29). The number of sulfonamides is 1. The van der Waals surface area contributed by atoms with E-state index in [1.54, 1.807) is 6.20 Å². The zero-order chi connectivity index (χ0) is 23.0. The summed E-state index contributed by atoms with van der Waals surface area (Å²) >= 11 is 0. The Morgan fingerprint density at radius 1 is 1.09 bits per heavy atom. The highest BCUT2D eigenvalue weighted by Crippen LogP contribution is 2.35.